The number of aryl methyl sites for hydroxylation is 1. The second-order valence-electron chi connectivity index (χ2n) is 10.7. The van der Waals surface area contributed by atoms with E-state index in [0.29, 0.717) is 63.4 Å². The average molecular weight is 663 g/mol. The summed E-state index contributed by atoms with van der Waals surface area (Å²) in [7, 11) is 1.59. The fraction of sp³-hybridized carbons (Fsp3) is 0.294. The molecule has 5 rings (SSSR count). The summed E-state index contributed by atoms with van der Waals surface area (Å²) in [6.45, 7) is 5.94. The molecule has 0 radical (unpaired) electrons. The van der Waals surface area contributed by atoms with Gasteiger partial charge in [0, 0.05) is 35.4 Å². The molecule has 3 N–H and O–H groups in total. The van der Waals surface area contributed by atoms with E-state index in [1.54, 1.807) is 49.7 Å². The third-order valence-corrected chi connectivity index (χ3v) is 8.00. The molecule has 46 heavy (non-hydrogen) atoms. The van der Waals surface area contributed by atoms with Gasteiger partial charge in [-0.15, -0.1) is 0 Å². The van der Waals surface area contributed by atoms with Crippen LogP contribution in [0.4, 0.5) is 5.69 Å². The van der Waals surface area contributed by atoms with Crippen LogP contribution in [0.25, 0.3) is 10.9 Å². The first-order valence-electron chi connectivity index (χ1n) is 14.9. The van der Waals surface area contributed by atoms with Crippen LogP contribution in [0.15, 0.2) is 66.9 Å². The standard InChI is InChI=1S/C34H35ClN4O6S/c1-4-28(26-19-43-14-13-37-26)44-32-17-25-23(16-31(32)42-3)29(11-12-36-25)45-30-10-9-21(15-24(30)35)38-34(46)39-33(41)18-27(40)22-8-6-5-7-20(22)2/h5-12,15-17,26,28,37H,4,13-14,18-19H2,1-3H3,(H2,38,39,41,46). The number of Topliss-reactive ketones (excluding diaryl/α,β-unsaturated/α-hetero) is 1. The number of thiocarbonyl (C=S) groups is 1. The Balaban J connectivity index is 1.25. The molecule has 4 aromatic rings. The number of morpholine rings is 1. The fourth-order valence-corrected chi connectivity index (χ4v) is 5.60. The van der Waals surface area contributed by atoms with Crippen molar-refractivity contribution in [2.75, 3.05) is 32.2 Å². The van der Waals surface area contributed by atoms with Gasteiger partial charge in [0.15, 0.2) is 22.4 Å². The van der Waals surface area contributed by atoms with Crippen LogP contribution in [-0.4, -0.2) is 60.8 Å². The van der Waals surface area contributed by atoms with Crippen molar-refractivity contribution in [3.63, 3.8) is 0 Å². The number of halogens is 1. The maximum Gasteiger partial charge on any atom is 0.233 e. The minimum atomic E-state index is -0.518. The lowest BCUT2D eigenvalue weighted by Gasteiger charge is -2.31. The zero-order chi connectivity index (χ0) is 32.6. The van der Waals surface area contributed by atoms with E-state index in [1.165, 1.54) is 0 Å². The number of methoxy groups -OCH3 is 1. The Morgan fingerprint density at radius 1 is 1.11 bits per heavy atom. The summed E-state index contributed by atoms with van der Waals surface area (Å²) in [5.74, 6) is 1.23. The van der Waals surface area contributed by atoms with Crippen molar-refractivity contribution >= 4 is 57.2 Å². The topological polar surface area (TPSA) is 120 Å². The largest absolute Gasteiger partial charge is 0.493 e. The smallest absolute Gasteiger partial charge is 0.233 e. The van der Waals surface area contributed by atoms with Gasteiger partial charge in [-0.25, -0.2) is 0 Å². The van der Waals surface area contributed by atoms with Gasteiger partial charge in [0.25, 0.3) is 0 Å². The van der Waals surface area contributed by atoms with Crippen LogP contribution in [0.2, 0.25) is 5.02 Å². The molecule has 0 saturated carbocycles. The first-order valence-corrected chi connectivity index (χ1v) is 15.7. The predicted molar refractivity (Wildman–Crippen MR) is 182 cm³/mol. The summed E-state index contributed by atoms with van der Waals surface area (Å²) in [4.78, 5) is 29.5. The molecule has 1 saturated heterocycles. The van der Waals surface area contributed by atoms with Crippen LogP contribution in [0.1, 0.15) is 35.7 Å². The lowest BCUT2D eigenvalue weighted by Crippen LogP contribution is -2.50. The predicted octanol–water partition coefficient (Wildman–Crippen LogP) is 6.23. The van der Waals surface area contributed by atoms with Gasteiger partial charge in [-0.05, 0) is 61.5 Å². The number of anilines is 1. The van der Waals surface area contributed by atoms with Crippen LogP contribution in [0, 0.1) is 6.92 Å². The Hall–Kier alpha value is -4.29. The second kappa shape index (κ2) is 15.3. The number of carbonyl (C=O) groups excluding carboxylic acids is 2. The zero-order valence-electron chi connectivity index (χ0n) is 25.7. The van der Waals surface area contributed by atoms with E-state index in [9.17, 15) is 9.59 Å². The molecule has 240 valence electrons. The minimum absolute atomic E-state index is 0.0367. The Bertz CT molecular complexity index is 1750. The van der Waals surface area contributed by atoms with Crippen molar-refractivity contribution in [3.8, 4) is 23.0 Å². The molecular weight excluding hydrogens is 628 g/mol. The minimum Gasteiger partial charge on any atom is -0.493 e. The number of benzene rings is 3. The van der Waals surface area contributed by atoms with Gasteiger partial charge in [-0.1, -0.05) is 42.8 Å². The number of nitrogens with one attached hydrogen (secondary N) is 3. The van der Waals surface area contributed by atoms with E-state index in [1.807, 2.05) is 31.2 Å². The van der Waals surface area contributed by atoms with E-state index < -0.39 is 5.91 Å². The van der Waals surface area contributed by atoms with Gasteiger partial charge in [0.2, 0.25) is 5.91 Å². The Morgan fingerprint density at radius 2 is 1.93 bits per heavy atom. The fourth-order valence-electron chi connectivity index (χ4n) is 5.15. The molecule has 2 unspecified atom stereocenters. The lowest BCUT2D eigenvalue weighted by atomic mass is 10.0. The highest BCUT2D eigenvalue weighted by molar-refractivity contribution is 7.80. The number of fused-ring (bicyclic) bond motifs is 1. The Kier molecular flexibility index (Phi) is 11.0. The number of hydrogen-bond donors (Lipinski definition) is 3. The molecule has 10 nitrogen and oxygen atoms in total. The second-order valence-corrected chi connectivity index (χ2v) is 11.5. The molecule has 0 spiro atoms. The lowest BCUT2D eigenvalue weighted by molar-refractivity contribution is -0.118. The number of amides is 1. The molecule has 1 amide bonds. The van der Waals surface area contributed by atoms with Crippen molar-refractivity contribution in [3.05, 3.63) is 83.0 Å². The number of nitrogens with zero attached hydrogens (tertiary/aromatic N) is 1. The Labute approximate surface area is 277 Å². The molecule has 1 aromatic heterocycles. The molecule has 1 fully saturated rings. The van der Waals surface area contributed by atoms with Crippen molar-refractivity contribution in [1.29, 1.82) is 0 Å². The first-order chi connectivity index (χ1) is 22.2. The van der Waals surface area contributed by atoms with Crippen LogP contribution in [0.5, 0.6) is 23.0 Å². The van der Waals surface area contributed by atoms with E-state index in [-0.39, 0.29) is 29.5 Å². The molecule has 3 aromatic carbocycles. The third-order valence-electron chi connectivity index (χ3n) is 7.50. The third kappa shape index (κ3) is 8.10. The molecule has 1 aliphatic rings. The van der Waals surface area contributed by atoms with Crippen molar-refractivity contribution in [2.24, 2.45) is 0 Å². The van der Waals surface area contributed by atoms with Gasteiger partial charge >= 0.3 is 0 Å². The van der Waals surface area contributed by atoms with Crippen molar-refractivity contribution < 1.29 is 28.5 Å². The molecule has 2 atom stereocenters. The summed E-state index contributed by atoms with van der Waals surface area (Å²) in [5, 5.41) is 9.97. The van der Waals surface area contributed by atoms with Gasteiger partial charge in [-0.3, -0.25) is 14.6 Å². The molecular formula is C34H35ClN4O6S. The molecule has 2 heterocycles. The normalized spacial score (nSPS) is 15.1. The maximum atomic E-state index is 12.5. The van der Waals surface area contributed by atoms with Crippen LogP contribution in [0.3, 0.4) is 0 Å². The summed E-state index contributed by atoms with van der Waals surface area (Å²) < 4.78 is 23.9. The highest BCUT2D eigenvalue weighted by Gasteiger charge is 2.26. The number of ketones is 1. The summed E-state index contributed by atoms with van der Waals surface area (Å²) in [6, 6.07) is 17.6. The summed E-state index contributed by atoms with van der Waals surface area (Å²) in [5.41, 5.74) is 2.49. The molecule has 0 aliphatic carbocycles. The monoisotopic (exact) mass is 662 g/mol. The summed E-state index contributed by atoms with van der Waals surface area (Å²) in [6.07, 6.45) is 1.99. The highest BCUT2D eigenvalue weighted by Crippen LogP contribution is 2.39. The van der Waals surface area contributed by atoms with E-state index in [2.05, 4.69) is 27.9 Å². The van der Waals surface area contributed by atoms with Gasteiger partial charge in [0.1, 0.15) is 17.6 Å². The molecule has 12 heteroatoms. The van der Waals surface area contributed by atoms with Crippen LogP contribution in [-0.2, 0) is 9.53 Å². The quantitative estimate of drug-likeness (QED) is 0.0969. The first kappa shape index (κ1) is 33.1. The molecule has 1 aliphatic heterocycles. The van der Waals surface area contributed by atoms with Gasteiger partial charge < -0.3 is 34.9 Å². The van der Waals surface area contributed by atoms with Crippen LogP contribution >= 0.6 is 23.8 Å². The number of carbonyl (C=O) groups is 2. The highest BCUT2D eigenvalue weighted by atomic mass is 35.5. The average Bonchev–Trinajstić information content (AvgIpc) is 3.05. The van der Waals surface area contributed by atoms with E-state index in [0.717, 1.165) is 18.5 Å². The van der Waals surface area contributed by atoms with Gasteiger partial charge in [0.05, 0.1) is 43.3 Å². The van der Waals surface area contributed by atoms with Crippen molar-refractivity contribution in [1.82, 2.24) is 15.6 Å². The van der Waals surface area contributed by atoms with E-state index in [4.69, 9.17) is 42.8 Å². The number of ether oxygens (including phenoxy) is 4. The Morgan fingerprint density at radius 3 is 2.65 bits per heavy atom. The maximum absolute atomic E-state index is 12.5. The number of aromatic nitrogens is 1. The summed E-state index contributed by atoms with van der Waals surface area (Å²) >= 11 is 11.9. The number of hydrogen-bond acceptors (Lipinski definition) is 9. The van der Waals surface area contributed by atoms with Crippen molar-refractivity contribution in [2.45, 2.75) is 38.8 Å². The number of rotatable bonds is 11. The number of pyridine rings is 1. The molecule has 0 bridgehead atoms. The zero-order valence-corrected chi connectivity index (χ0v) is 27.3. The SMILES string of the molecule is CCC(Oc1cc2nccc(Oc3ccc(NC(=S)NC(=O)CC(=O)c4ccccc4C)cc3Cl)c2cc1OC)C1COCCN1. The van der Waals surface area contributed by atoms with Gasteiger partial charge in [-0.2, -0.15) is 0 Å². The van der Waals surface area contributed by atoms with E-state index >= 15 is 0 Å². The van der Waals surface area contributed by atoms with Crippen LogP contribution < -0.4 is 30.2 Å².